The zero-order valence-corrected chi connectivity index (χ0v) is 16.3. The molecule has 0 unspecified atom stereocenters. The van der Waals surface area contributed by atoms with Gasteiger partial charge in [0.25, 0.3) is 0 Å². The summed E-state index contributed by atoms with van der Waals surface area (Å²) in [5.74, 6) is 0.221. The average molecular weight is 392 g/mol. The van der Waals surface area contributed by atoms with Crippen LogP contribution in [0.25, 0.3) is 0 Å². The largest absolute Gasteiger partial charge is 0.497 e. The lowest BCUT2D eigenvalue weighted by Gasteiger charge is -2.31. The van der Waals surface area contributed by atoms with E-state index in [2.05, 4.69) is 10.0 Å². The molecule has 1 aromatic carbocycles. The monoisotopic (exact) mass is 391 g/mol. The van der Waals surface area contributed by atoms with E-state index in [0.29, 0.717) is 37.7 Å². The predicted octanol–water partition coefficient (Wildman–Crippen LogP) is 0.829. The quantitative estimate of drug-likeness (QED) is 0.713. The molecular weight excluding hydrogens is 366 g/mol. The number of hydrogen-bond donors (Lipinski definition) is 2. The van der Waals surface area contributed by atoms with Gasteiger partial charge >= 0.3 is 0 Å². The molecule has 1 aliphatic rings. The van der Waals surface area contributed by atoms with Crippen LogP contribution in [0.4, 0.5) is 5.69 Å². The van der Waals surface area contributed by atoms with Crippen LogP contribution in [0.1, 0.15) is 19.8 Å². The second-order valence-corrected chi connectivity index (χ2v) is 9.75. The molecule has 0 aliphatic carbocycles. The maximum atomic E-state index is 13.0. The number of hydrogen-bond acceptors (Lipinski definition) is 6. The molecule has 2 rings (SSSR count). The number of anilines is 1. The summed E-state index contributed by atoms with van der Waals surface area (Å²) in [7, 11) is -4.14. The van der Waals surface area contributed by atoms with Crippen molar-refractivity contribution in [3.8, 4) is 5.75 Å². The smallest absolute Gasteiger partial charge is 0.245 e. The van der Waals surface area contributed by atoms with Gasteiger partial charge in [0.2, 0.25) is 20.0 Å². The third-order valence-electron chi connectivity index (χ3n) is 4.31. The number of rotatable bonds is 7. The van der Waals surface area contributed by atoms with Gasteiger partial charge < -0.3 is 10.1 Å². The van der Waals surface area contributed by atoms with Crippen molar-refractivity contribution >= 4 is 25.7 Å². The van der Waals surface area contributed by atoms with Gasteiger partial charge in [-0.3, -0.25) is 4.72 Å². The highest BCUT2D eigenvalue weighted by molar-refractivity contribution is 7.93. The first kappa shape index (κ1) is 20.0. The standard InChI is InChI=1S/C15H25N3O5S2/c1-4-24(19,20)17-14-11-13(23-3)5-6-15(14)25(21,22)18-9-7-12(16-2)8-10-18/h5-6,11-12,16-17H,4,7-10H2,1-3H3. The van der Waals surface area contributed by atoms with Crippen molar-refractivity contribution in [1.82, 2.24) is 9.62 Å². The number of piperidine rings is 1. The summed E-state index contributed by atoms with van der Waals surface area (Å²) in [6.07, 6.45) is 1.42. The first-order valence-electron chi connectivity index (χ1n) is 8.09. The minimum atomic E-state index is -3.81. The molecule has 1 aliphatic heterocycles. The molecule has 0 bridgehead atoms. The molecule has 0 spiro atoms. The van der Waals surface area contributed by atoms with Crippen LogP contribution < -0.4 is 14.8 Å². The van der Waals surface area contributed by atoms with Gasteiger partial charge in [0.15, 0.2) is 0 Å². The summed E-state index contributed by atoms with van der Waals surface area (Å²) >= 11 is 0. The Morgan fingerprint density at radius 2 is 1.84 bits per heavy atom. The average Bonchev–Trinajstić information content (AvgIpc) is 2.61. The van der Waals surface area contributed by atoms with Crippen LogP contribution in [0, 0.1) is 0 Å². The molecule has 0 atom stereocenters. The number of benzene rings is 1. The molecular formula is C15H25N3O5S2. The molecule has 0 radical (unpaired) electrons. The number of nitrogens with zero attached hydrogens (tertiary/aromatic N) is 1. The second-order valence-electron chi connectivity index (χ2n) is 5.83. The number of sulfonamides is 2. The summed E-state index contributed by atoms with van der Waals surface area (Å²) in [5, 5.41) is 3.15. The summed E-state index contributed by atoms with van der Waals surface area (Å²) < 4.78 is 58.7. The van der Waals surface area contributed by atoms with Crippen molar-refractivity contribution in [3.63, 3.8) is 0 Å². The number of nitrogens with one attached hydrogen (secondary N) is 2. The van der Waals surface area contributed by atoms with E-state index in [4.69, 9.17) is 4.74 Å². The van der Waals surface area contributed by atoms with E-state index in [1.807, 2.05) is 7.05 Å². The van der Waals surface area contributed by atoms with Gasteiger partial charge in [-0.05, 0) is 38.9 Å². The normalized spacial score (nSPS) is 17.4. The third kappa shape index (κ3) is 4.63. The fraction of sp³-hybridized carbons (Fsp3) is 0.600. The second kappa shape index (κ2) is 7.90. The van der Waals surface area contributed by atoms with E-state index in [9.17, 15) is 16.8 Å². The molecule has 10 heteroatoms. The Bertz CT molecular complexity index is 800. The zero-order valence-electron chi connectivity index (χ0n) is 14.6. The molecule has 8 nitrogen and oxygen atoms in total. The Balaban J connectivity index is 2.39. The highest BCUT2D eigenvalue weighted by atomic mass is 32.2. The van der Waals surface area contributed by atoms with Gasteiger partial charge in [-0.1, -0.05) is 0 Å². The summed E-state index contributed by atoms with van der Waals surface area (Å²) in [5.41, 5.74) is 0.0111. The zero-order chi connectivity index (χ0) is 18.7. The number of methoxy groups -OCH3 is 1. The van der Waals surface area contributed by atoms with Gasteiger partial charge in [0, 0.05) is 25.2 Å². The molecule has 0 saturated carbocycles. The van der Waals surface area contributed by atoms with E-state index in [-0.39, 0.29) is 16.3 Å². The van der Waals surface area contributed by atoms with Gasteiger partial charge in [-0.2, -0.15) is 4.31 Å². The first-order valence-corrected chi connectivity index (χ1v) is 11.2. The van der Waals surface area contributed by atoms with E-state index >= 15 is 0 Å². The fourth-order valence-corrected chi connectivity index (χ4v) is 5.01. The van der Waals surface area contributed by atoms with Crippen molar-refractivity contribution in [3.05, 3.63) is 18.2 Å². The highest BCUT2D eigenvalue weighted by Crippen LogP contribution is 2.31. The topological polar surface area (TPSA) is 105 Å². The van der Waals surface area contributed by atoms with E-state index in [1.54, 1.807) is 0 Å². The van der Waals surface area contributed by atoms with Gasteiger partial charge in [0.1, 0.15) is 10.6 Å². The Hall–Kier alpha value is -1.36. The molecule has 1 fully saturated rings. The van der Waals surface area contributed by atoms with Crippen LogP contribution in [0.15, 0.2) is 23.1 Å². The lowest BCUT2D eigenvalue weighted by Crippen LogP contribution is -2.44. The van der Waals surface area contributed by atoms with Crippen molar-refractivity contribution in [2.75, 3.05) is 37.7 Å². The Morgan fingerprint density at radius 3 is 2.36 bits per heavy atom. The predicted molar refractivity (Wildman–Crippen MR) is 96.9 cm³/mol. The van der Waals surface area contributed by atoms with Crippen LogP contribution in [-0.2, 0) is 20.0 Å². The lowest BCUT2D eigenvalue weighted by atomic mass is 10.1. The van der Waals surface area contributed by atoms with Crippen molar-refractivity contribution in [1.29, 1.82) is 0 Å². The Morgan fingerprint density at radius 1 is 1.20 bits per heavy atom. The Kier molecular flexibility index (Phi) is 6.30. The molecule has 2 N–H and O–H groups in total. The minimum Gasteiger partial charge on any atom is -0.497 e. The number of ether oxygens (including phenoxy) is 1. The first-order chi connectivity index (χ1) is 11.7. The van der Waals surface area contributed by atoms with Crippen molar-refractivity contribution in [2.45, 2.75) is 30.7 Å². The summed E-state index contributed by atoms with van der Waals surface area (Å²) in [4.78, 5) is -0.0618. The third-order valence-corrected chi connectivity index (χ3v) is 7.56. The molecule has 25 heavy (non-hydrogen) atoms. The molecule has 1 heterocycles. The van der Waals surface area contributed by atoms with Gasteiger partial charge in [-0.15, -0.1) is 0 Å². The minimum absolute atomic E-state index is 0.0111. The molecule has 0 aromatic heterocycles. The molecule has 1 aromatic rings. The Labute approximate surface area is 149 Å². The van der Waals surface area contributed by atoms with Crippen LogP contribution in [-0.4, -0.2) is 60.2 Å². The van der Waals surface area contributed by atoms with Crippen LogP contribution in [0.2, 0.25) is 0 Å². The van der Waals surface area contributed by atoms with E-state index in [1.165, 1.54) is 36.5 Å². The van der Waals surface area contributed by atoms with Crippen LogP contribution in [0.3, 0.4) is 0 Å². The maximum Gasteiger partial charge on any atom is 0.245 e. The van der Waals surface area contributed by atoms with E-state index in [0.717, 1.165) is 0 Å². The lowest BCUT2D eigenvalue weighted by molar-refractivity contribution is 0.298. The molecule has 142 valence electrons. The van der Waals surface area contributed by atoms with Crippen LogP contribution in [0.5, 0.6) is 5.75 Å². The van der Waals surface area contributed by atoms with Crippen molar-refractivity contribution < 1.29 is 21.6 Å². The van der Waals surface area contributed by atoms with Gasteiger partial charge in [0.05, 0.1) is 18.6 Å². The highest BCUT2D eigenvalue weighted by Gasteiger charge is 2.31. The van der Waals surface area contributed by atoms with Crippen LogP contribution >= 0.6 is 0 Å². The maximum absolute atomic E-state index is 13.0. The molecule has 1 saturated heterocycles. The fourth-order valence-electron chi connectivity index (χ4n) is 2.70. The van der Waals surface area contributed by atoms with Crippen molar-refractivity contribution in [2.24, 2.45) is 0 Å². The van der Waals surface area contributed by atoms with Gasteiger partial charge in [-0.25, -0.2) is 16.8 Å². The van der Waals surface area contributed by atoms with E-state index < -0.39 is 20.0 Å². The summed E-state index contributed by atoms with van der Waals surface area (Å²) in [6.45, 7) is 2.26. The SMILES string of the molecule is CCS(=O)(=O)Nc1cc(OC)ccc1S(=O)(=O)N1CCC(NC)CC1. The summed E-state index contributed by atoms with van der Waals surface area (Å²) in [6, 6.07) is 4.57. The molecule has 0 amide bonds.